The number of aromatic nitrogens is 1. The van der Waals surface area contributed by atoms with Crippen LogP contribution in [0, 0.1) is 13.8 Å². The SMILES string of the molecule is Cc1ccc(C)n1-c1ccccc1C(C)C. The zero-order chi connectivity index (χ0) is 11.7. The first kappa shape index (κ1) is 11.0. The molecule has 84 valence electrons. The van der Waals surface area contributed by atoms with Crippen molar-refractivity contribution in [3.05, 3.63) is 53.3 Å². The standard InChI is InChI=1S/C15H19N/c1-11(2)14-7-5-6-8-15(14)16-12(3)9-10-13(16)4/h5-11H,1-4H3. The maximum Gasteiger partial charge on any atom is 0.0489 e. The third-order valence-corrected chi connectivity index (χ3v) is 3.07. The predicted octanol–water partition coefficient (Wildman–Crippen LogP) is 4.22. The van der Waals surface area contributed by atoms with Gasteiger partial charge in [0.1, 0.15) is 0 Å². The van der Waals surface area contributed by atoms with Crippen molar-refractivity contribution in [2.45, 2.75) is 33.6 Å². The van der Waals surface area contributed by atoms with Crippen LogP contribution < -0.4 is 0 Å². The molecule has 16 heavy (non-hydrogen) atoms. The van der Waals surface area contributed by atoms with Crippen molar-refractivity contribution in [2.24, 2.45) is 0 Å². The molecule has 0 spiro atoms. The summed E-state index contributed by atoms with van der Waals surface area (Å²) >= 11 is 0. The monoisotopic (exact) mass is 213 g/mol. The van der Waals surface area contributed by atoms with Crippen molar-refractivity contribution in [1.29, 1.82) is 0 Å². The largest absolute Gasteiger partial charge is 0.318 e. The molecular weight excluding hydrogens is 194 g/mol. The molecule has 2 aromatic rings. The summed E-state index contributed by atoms with van der Waals surface area (Å²) < 4.78 is 2.33. The molecule has 0 atom stereocenters. The normalized spacial score (nSPS) is 11.1. The van der Waals surface area contributed by atoms with E-state index in [2.05, 4.69) is 68.7 Å². The molecule has 0 amide bonds. The van der Waals surface area contributed by atoms with E-state index in [0.717, 1.165) is 0 Å². The Balaban J connectivity index is 2.64. The number of para-hydroxylation sites is 1. The summed E-state index contributed by atoms with van der Waals surface area (Å²) in [6, 6.07) is 13.0. The number of benzene rings is 1. The molecule has 0 saturated carbocycles. The second-order valence-electron chi connectivity index (χ2n) is 4.67. The van der Waals surface area contributed by atoms with Gasteiger partial charge >= 0.3 is 0 Å². The maximum absolute atomic E-state index is 2.33. The summed E-state index contributed by atoms with van der Waals surface area (Å²) in [5.74, 6) is 0.553. The fourth-order valence-corrected chi connectivity index (χ4v) is 2.23. The average molecular weight is 213 g/mol. The van der Waals surface area contributed by atoms with Gasteiger partial charge in [-0.25, -0.2) is 0 Å². The predicted molar refractivity (Wildman–Crippen MR) is 69.3 cm³/mol. The summed E-state index contributed by atoms with van der Waals surface area (Å²) in [5.41, 5.74) is 5.32. The van der Waals surface area contributed by atoms with Crippen LogP contribution in [0.25, 0.3) is 5.69 Å². The Bertz CT molecular complexity index is 472. The molecule has 1 aromatic carbocycles. The van der Waals surface area contributed by atoms with E-state index in [-0.39, 0.29) is 0 Å². The first-order valence-corrected chi connectivity index (χ1v) is 5.85. The second kappa shape index (κ2) is 4.17. The van der Waals surface area contributed by atoms with E-state index in [1.54, 1.807) is 0 Å². The van der Waals surface area contributed by atoms with Crippen LogP contribution in [-0.2, 0) is 0 Å². The highest BCUT2D eigenvalue weighted by molar-refractivity contribution is 5.46. The zero-order valence-corrected chi connectivity index (χ0v) is 10.5. The van der Waals surface area contributed by atoms with E-state index in [4.69, 9.17) is 0 Å². The smallest absolute Gasteiger partial charge is 0.0489 e. The molecule has 1 nitrogen and oxygen atoms in total. The summed E-state index contributed by atoms with van der Waals surface area (Å²) in [4.78, 5) is 0. The van der Waals surface area contributed by atoms with Gasteiger partial charge in [-0.2, -0.15) is 0 Å². The minimum absolute atomic E-state index is 0.553. The van der Waals surface area contributed by atoms with Crippen molar-refractivity contribution < 1.29 is 0 Å². The van der Waals surface area contributed by atoms with Gasteiger partial charge in [0.25, 0.3) is 0 Å². The van der Waals surface area contributed by atoms with Crippen LogP contribution in [0.4, 0.5) is 0 Å². The first-order valence-electron chi connectivity index (χ1n) is 5.85. The van der Waals surface area contributed by atoms with Crippen LogP contribution in [0.1, 0.15) is 36.7 Å². The number of aryl methyl sites for hydroxylation is 2. The molecule has 0 N–H and O–H groups in total. The molecule has 2 rings (SSSR count). The van der Waals surface area contributed by atoms with Gasteiger partial charge in [0.05, 0.1) is 0 Å². The van der Waals surface area contributed by atoms with Gasteiger partial charge in [-0.1, -0.05) is 32.0 Å². The Kier molecular flexibility index (Phi) is 2.86. The van der Waals surface area contributed by atoms with Crippen molar-refractivity contribution in [1.82, 2.24) is 4.57 Å². The van der Waals surface area contributed by atoms with Crippen LogP contribution in [0.15, 0.2) is 36.4 Å². The number of hydrogen-bond acceptors (Lipinski definition) is 0. The molecule has 0 unspecified atom stereocenters. The fourth-order valence-electron chi connectivity index (χ4n) is 2.23. The lowest BCUT2D eigenvalue weighted by molar-refractivity contribution is 0.835. The molecule has 0 aliphatic rings. The Morgan fingerprint density at radius 1 is 0.875 bits per heavy atom. The Morgan fingerprint density at radius 2 is 1.44 bits per heavy atom. The van der Waals surface area contributed by atoms with Crippen LogP contribution in [0.5, 0.6) is 0 Å². The Labute approximate surface area is 97.7 Å². The summed E-state index contributed by atoms with van der Waals surface area (Å²) in [6.45, 7) is 8.80. The van der Waals surface area contributed by atoms with Crippen LogP contribution >= 0.6 is 0 Å². The first-order chi connectivity index (χ1) is 7.61. The minimum atomic E-state index is 0.553. The quantitative estimate of drug-likeness (QED) is 0.704. The summed E-state index contributed by atoms with van der Waals surface area (Å²) in [7, 11) is 0. The number of hydrogen-bond donors (Lipinski definition) is 0. The Morgan fingerprint density at radius 3 is 2.00 bits per heavy atom. The van der Waals surface area contributed by atoms with Gasteiger partial charge < -0.3 is 4.57 Å². The molecule has 0 aliphatic heterocycles. The van der Waals surface area contributed by atoms with Crippen molar-refractivity contribution >= 4 is 0 Å². The van der Waals surface area contributed by atoms with Crippen LogP contribution in [-0.4, -0.2) is 4.57 Å². The van der Waals surface area contributed by atoms with Gasteiger partial charge in [0.2, 0.25) is 0 Å². The van der Waals surface area contributed by atoms with Gasteiger partial charge in [0.15, 0.2) is 0 Å². The molecule has 0 bridgehead atoms. The van der Waals surface area contributed by atoms with Crippen molar-refractivity contribution in [3.8, 4) is 5.69 Å². The summed E-state index contributed by atoms with van der Waals surface area (Å²) in [5, 5.41) is 0. The van der Waals surface area contributed by atoms with Crippen LogP contribution in [0.2, 0.25) is 0 Å². The molecule has 1 heterocycles. The van der Waals surface area contributed by atoms with E-state index in [0.29, 0.717) is 5.92 Å². The minimum Gasteiger partial charge on any atom is -0.318 e. The van der Waals surface area contributed by atoms with Gasteiger partial charge in [-0.15, -0.1) is 0 Å². The van der Waals surface area contributed by atoms with Gasteiger partial charge in [-0.3, -0.25) is 0 Å². The number of rotatable bonds is 2. The molecule has 0 fully saturated rings. The lowest BCUT2D eigenvalue weighted by atomic mass is 10.0. The molecule has 0 aliphatic carbocycles. The second-order valence-corrected chi connectivity index (χ2v) is 4.67. The van der Waals surface area contributed by atoms with Crippen molar-refractivity contribution in [2.75, 3.05) is 0 Å². The molecular formula is C15H19N. The molecule has 0 radical (unpaired) electrons. The molecule has 1 heteroatoms. The maximum atomic E-state index is 2.33. The van der Waals surface area contributed by atoms with Gasteiger partial charge in [-0.05, 0) is 43.5 Å². The highest BCUT2D eigenvalue weighted by Gasteiger charge is 2.10. The van der Waals surface area contributed by atoms with E-state index in [9.17, 15) is 0 Å². The van der Waals surface area contributed by atoms with E-state index in [1.807, 2.05) is 0 Å². The fraction of sp³-hybridized carbons (Fsp3) is 0.333. The Hall–Kier alpha value is -1.50. The topological polar surface area (TPSA) is 4.93 Å². The van der Waals surface area contributed by atoms with Crippen LogP contribution in [0.3, 0.4) is 0 Å². The third-order valence-electron chi connectivity index (χ3n) is 3.07. The highest BCUT2D eigenvalue weighted by atomic mass is 15.0. The van der Waals surface area contributed by atoms with Crippen molar-refractivity contribution in [3.63, 3.8) is 0 Å². The third kappa shape index (κ3) is 1.78. The highest BCUT2D eigenvalue weighted by Crippen LogP contribution is 2.25. The lowest BCUT2D eigenvalue weighted by Crippen LogP contribution is -2.03. The molecule has 1 aromatic heterocycles. The summed E-state index contributed by atoms with van der Waals surface area (Å²) in [6.07, 6.45) is 0. The van der Waals surface area contributed by atoms with E-state index >= 15 is 0 Å². The van der Waals surface area contributed by atoms with E-state index < -0.39 is 0 Å². The lowest BCUT2D eigenvalue weighted by Gasteiger charge is -2.16. The van der Waals surface area contributed by atoms with E-state index in [1.165, 1.54) is 22.6 Å². The average Bonchev–Trinajstić information content (AvgIpc) is 2.58. The van der Waals surface area contributed by atoms with Gasteiger partial charge in [0, 0.05) is 17.1 Å². The number of nitrogens with zero attached hydrogens (tertiary/aromatic N) is 1. The molecule has 0 saturated heterocycles. The zero-order valence-electron chi connectivity index (χ0n) is 10.5.